The Morgan fingerprint density at radius 2 is 1.95 bits per heavy atom. The Morgan fingerprint density at radius 3 is 2.64 bits per heavy atom. The Morgan fingerprint density at radius 1 is 1.23 bits per heavy atom. The molecule has 1 aromatic carbocycles. The van der Waals surface area contributed by atoms with Gasteiger partial charge in [-0.05, 0) is 37.1 Å². The van der Waals surface area contributed by atoms with Crippen molar-refractivity contribution in [2.75, 3.05) is 12.4 Å². The summed E-state index contributed by atoms with van der Waals surface area (Å²) in [6.45, 7) is 0. The molecule has 0 radical (unpaired) electrons. The molecule has 1 amide bonds. The molecule has 1 aromatic heterocycles. The van der Waals surface area contributed by atoms with E-state index in [9.17, 15) is 4.79 Å². The SMILES string of the molecule is COc1ccc(C(=O)Nc2nc(C3CCCCC3)cs2)cc1. The van der Waals surface area contributed by atoms with Crippen LogP contribution in [-0.2, 0) is 0 Å². The van der Waals surface area contributed by atoms with Crippen molar-refractivity contribution in [3.05, 3.63) is 40.9 Å². The molecule has 22 heavy (non-hydrogen) atoms. The maximum Gasteiger partial charge on any atom is 0.257 e. The zero-order valence-electron chi connectivity index (χ0n) is 12.7. The Hall–Kier alpha value is -1.88. The van der Waals surface area contributed by atoms with Crippen LogP contribution < -0.4 is 10.1 Å². The summed E-state index contributed by atoms with van der Waals surface area (Å²) in [4.78, 5) is 16.8. The van der Waals surface area contributed by atoms with Crippen LogP contribution in [0.15, 0.2) is 29.6 Å². The highest BCUT2D eigenvalue weighted by Gasteiger charge is 2.19. The smallest absolute Gasteiger partial charge is 0.257 e. The standard InChI is InChI=1S/C17H20N2O2S/c1-21-14-9-7-13(8-10-14)16(20)19-17-18-15(11-22-17)12-5-3-2-4-6-12/h7-12H,2-6H2,1H3,(H,18,19,20). The van der Waals surface area contributed by atoms with Crippen LogP contribution in [0.4, 0.5) is 5.13 Å². The molecule has 116 valence electrons. The van der Waals surface area contributed by atoms with E-state index in [4.69, 9.17) is 4.74 Å². The topological polar surface area (TPSA) is 51.2 Å². The summed E-state index contributed by atoms with van der Waals surface area (Å²) in [5.41, 5.74) is 1.74. The minimum absolute atomic E-state index is 0.132. The van der Waals surface area contributed by atoms with E-state index in [1.807, 2.05) is 0 Å². The first-order valence-electron chi connectivity index (χ1n) is 7.67. The second-order valence-corrected chi connectivity index (χ2v) is 6.45. The van der Waals surface area contributed by atoms with Gasteiger partial charge in [0.2, 0.25) is 0 Å². The first-order valence-corrected chi connectivity index (χ1v) is 8.55. The maximum absolute atomic E-state index is 12.2. The predicted molar refractivity (Wildman–Crippen MR) is 88.9 cm³/mol. The number of ether oxygens (including phenoxy) is 1. The monoisotopic (exact) mass is 316 g/mol. The van der Waals surface area contributed by atoms with Crippen LogP contribution in [0.25, 0.3) is 0 Å². The van der Waals surface area contributed by atoms with Crippen LogP contribution in [0.1, 0.15) is 54.1 Å². The zero-order chi connectivity index (χ0) is 15.4. The molecule has 0 bridgehead atoms. The molecule has 3 rings (SSSR count). The van der Waals surface area contributed by atoms with Gasteiger partial charge in [-0.1, -0.05) is 19.3 Å². The minimum atomic E-state index is -0.132. The number of methoxy groups -OCH3 is 1. The third kappa shape index (κ3) is 3.47. The lowest BCUT2D eigenvalue weighted by molar-refractivity contribution is 0.102. The molecular formula is C17H20N2O2S. The van der Waals surface area contributed by atoms with Gasteiger partial charge in [-0.2, -0.15) is 0 Å². The van der Waals surface area contributed by atoms with Crippen molar-refractivity contribution in [3.63, 3.8) is 0 Å². The molecule has 0 aliphatic heterocycles. The van der Waals surface area contributed by atoms with Gasteiger partial charge in [0.1, 0.15) is 5.75 Å². The summed E-state index contributed by atoms with van der Waals surface area (Å²) in [6, 6.07) is 7.07. The summed E-state index contributed by atoms with van der Waals surface area (Å²) in [5, 5.41) is 5.65. The third-order valence-electron chi connectivity index (χ3n) is 4.12. The van der Waals surface area contributed by atoms with E-state index >= 15 is 0 Å². The molecule has 1 aliphatic carbocycles. The Labute approximate surface area is 134 Å². The van der Waals surface area contributed by atoms with Crippen LogP contribution in [-0.4, -0.2) is 18.0 Å². The van der Waals surface area contributed by atoms with Crippen molar-refractivity contribution in [1.29, 1.82) is 0 Å². The summed E-state index contributed by atoms with van der Waals surface area (Å²) < 4.78 is 5.10. The summed E-state index contributed by atoms with van der Waals surface area (Å²) in [5.74, 6) is 1.18. The number of carbonyl (C=O) groups is 1. The molecule has 0 spiro atoms. The highest BCUT2D eigenvalue weighted by Crippen LogP contribution is 2.34. The van der Waals surface area contributed by atoms with Gasteiger partial charge in [0.05, 0.1) is 12.8 Å². The lowest BCUT2D eigenvalue weighted by Crippen LogP contribution is -2.12. The largest absolute Gasteiger partial charge is 0.497 e. The third-order valence-corrected chi connectivity index (χ3v) is 4.89. The number of benzene rings is 1. The lowest BCUT2D eigenvalue weighted by Gasteiger charge is -2.19. The molecule has 1 N–H and O–H groups in total. The summed E-state index contributed by atoms with van der Waals surface area (Å²) in [7, 11) is 1.61. The molecule has 0 unspecified atom stereocenters. The molecule has 0 saturated heterocycles. The fraction of sp³-hybridized carbons (Fsp3) is 0.412. The van der Waals surface area contributed by atoms with Crippen molar-refractivity contribution >= 4 is 22.4 Å². The predicted octanol–water partition coefficient (Wildman–Crippen LogP) is 4.45. The minimum Gasteiger partial charge on any atom is -0.497 e. The second-order valence-electron chi connectivity index (χ2n) is 5.60. The summed E-state index contributed by atoms with van der Waals surface area (Å²) in [6.07, 6.45) is 6.35. The average Bonchev–Trinajstić information content (AvgIpc) is 3.04. The van der Waals surface area contributed by atoms with Gasteiger partial charge in [-0.25, -0.2) is 4.98 Å². The fourth-order valence-corrected chi connectivity index (χ4v) is 3.63. The Kier molecular flexibility index (Phi) is 4.73. The normalized spacial score (nSPS) is 15.5. The number of carbonyl (C=O) groups excluding carboxylic acids is 1. The van der Waals surface area contributed by atoms with E-state index < -0.39 is 0 Å². The number of hydrogen-bond acceptors (Lipinski definition) is 4. The molecule has 1 saturated carbocycles. The molecule has 1 aliphatic rings. The molecule has 4 nitrogen and oxygen atoms in total. The van der Waals surface area contributed by atoms with Crippen molar-refractivity contribution in [2.24, 2.45) is 0 Å². The van der Waals surface area contributed by atoms with Crippen LogP contribution in [0.2, 0.25) is 0 Å². The van der Waals surface area contributed by atoms with E-state index in [1.54, 1.807) is 31.4 Å². The van der Waals surface area contributed by atoms with Crippen LogP contribution in [0.5, 0.6) is 5.75 Å². The molecular weight excluding hydrogens is 296 g/mol. The van der Waals surface area contributed by atoms with E-state index in [0.717, 1.165) is 11.4 Å². The Balaban J connectivity index is 1.64. The molecule has 1 fully saturated rings. The van der Waals surface area contributed by atoms with Gasteiger partial charge in [0.25, 0.3) is 5.91 Å². The van der Waals surface area contributed by atoms with E-state index in [1.165, 1.54) is 43.4 Å². The number of anilines is 1. The van der Waals surface area contributed by atoms with Crippen LogP contribution in [0.3, 0.4) is 0 Å². The van der Waals surface area contributed by atoms with Gasteiger partial charge in [-0.3, -0.25) is 10.1 Å². The van der Waals surface area contributed by atoms with Crippen molar-refractivity contribution in [3.8, 4) is 5.75 Å². The van der Waals surface area contributed by atoms with Gasteiger partial charge in [-0.15, -0.1) is 11.3 Å². The van der Waals surface area contributed by atoms with Gasteiger partial charge in [0.15, 0.2) is 5.13 Å². The van der Waals surface area contributed by atoms with Gasteiger partial charge >= 0.3 is 0 Å². The number of rotatable bonds is 4. The molecule has 2 aromatic rings. The second kappa shape index (κ2) is 6.92. The van der Waals surface area contributed by atoms with Gasteiger partial charge in [0, 0.05) is 16.9 Å². The van der Waals surface area contributed by atoms with Crippen molar-refractivity contribution in [1.82, 2.24) is 4.98 Å². The number of nitrogens with zero attached hydrogens (tertiary/aromatic N) is 1. The fourth-order valence-electron chi connectivity index (χ4n) is 2.84. The first kappa shape index (κ1) is 15.0. The van der Waals surface area contributed by atoms with E-state index in [2.05, 4.69) is 15.7 Å². The lowest BCUT2D eigenvalue weighted by atomic mass is 9.87. The highest BCUT2D eigenvalue weighted by molar-refractivity contribution is 7.14. The highest BCUT2D eigenvalue weighted by atomic mass is 32.1. The Bertz CT molecular complexity index is 630. The number of nitrogens with one attached hydrogen (secondary N) is 1. The molecule has 5 heteroatoms. The van der Waals surface area contributed by atoms with Gasteiger partial charge < -0.3 is 4.74 Å². The molecule has 0 atom stereocenters. The average molecular weight is 316 g/mol. The first-order chi connectivity index (χ1) is 10.8. The quantitative estimate of drug-likeness (QED) is 0.906. The summed E-state index contributed by atoms with van der Waals surface area (Å²) >= 11 is 1.51. The molecule has 1 heterocycles. The number of aromatic nitrogens is 1. The van der Waals surface area contributed by atoms with Crippen LogP contribution in [0, 0.1) is 0 Å². The zero-order valence-corrected chi connectivity index (χ0v) is 13.5. The van der Waals surface area contributed by atoms with Crippen molar-refractivity contribution < 1.29 is 9.53 Å². The maximum atomic E-state index is 12.2. The van der Waals surface area contributed by atoms with E-state index in [0.29, 0.717) is 16.6 Å². The number of hydrogen-bond donors (Lipinski definition) is 1. The number of thiazole rings is 1. The van der Waals surface area contributed by atoms with Crippen molar-refractivity contribution in [2.45, 2.75) is 38.0 Å². The van der Waals surface area contributed by atoms with Crippen LogP contribution >= 0.6 is 11.3 Å². The number of amides is 1. The van der Waals surface area contributed by atoms with E-state index in [-0.39, 0.29) is 5.91 Å².